The summed E-state index contributed by atoms with van der Waals surface area (Å²) < 4.78 is 17.9. The zero-order valence-corrected chi connectivity index (χ0v) is 19.0. The van der Waals surface area contributed by atoms with Crippen LogP contribution in [0.15, 0.2) is 63.7 Å². The molecule has 8 heteroatoms. The third-order valence-electron chi connectivity index (χ3n) is 5.76. The summed E-state index contributed by atoms with van der Waals surface area (Å²) in [5, 5.41) is 2.90. The van der Waals surface area contributed by atoms with Crippen LogP contribution in [0.1, 0.15) is 46.6 Å². The first kappa shape index (κ1) is 20.6. The Morgan fingerprint density at radius 2 is 1.75 bits per heavy atom. The zero-order valence-electron chi connectivity index (χ0n) is 17.4. The smallest absolute Gasteiger partial charge is 0.293 e. The molecular formula is C24H21BrN2O5. The highest BCUT2D eigenvalue weighted by atomic mass is 79.9. The van der Waals surface area contributed by atoms with E-state index in [-0.39, 0.29) is 17.6 Å². The molecule has 1 fully saturated rings. The molecule has 0 saturated heterocycles. The molecular weight excluding hydrogens is 476 g/mol. The van der Waals surface area contributed by atoms with Gasteiger partial charge in [0.1, 0.15) is 0 Å². The summed E-state index contributed by atoms with van der Waals surface area (Å²) in [6.45, 7) is 0. The molecule has 0 atom stereocenters. The molecule has 1 aliphatic carbocycles. The first-order valence-corrected chi connectivity index (χ1v) is 11.2. The van der Waals surface area contributed by atoms with Gasteiger partial charge in [-0.15, -0.1) is 0 Å². The van der Waals surface area contributed by atoms with Crippen molar-refractivity contribution in [1.29, 1.82) is 0 Å². The van der Waals surface area contributed by atoms with Crippen molar-refractivity contribution in [2.45, 2.75) is 31.5 Å². The topological polar surface area (TPSA) is 81.0 Å². The van der Waals surface area contributed by atoms with Gasteiger partial charge in [0.2, 0.25) is 0 Å². The Kier molecular flexibility index (Phi) is 5.17. The van der Waals surface area contributed by atoms with Crippen LogP contribution in [0.3, 0.4) is 0 Å². The molecule has 0 unspecified atom stereocenters. The number of hydrogen-bond acceptors (Lipinski definition) is 5. The minimum atomic E-state index is -0.554. The van der Waals surface area contributed by atoms with Gasteiger partial charge in [0.15, 0.2) is 21.9 Å². The fraction of sp³-hybridized carbons (Fsp3) is 0.250. The third-order valence-corrected chi connectivity index (χ3v) is 6.18. The normalized spacial score (nSPS) is 15.7. The molecule has 3 aromatic rings. The number of furan rings is 1. The molecule has 7 nitrogen and oxygen atoms in total. The van der Waals surface area contributed by atoms with Gasteiger partial charge in [-0.3, -0.25) is 9.59 Å². The second-order valence-corrected chi connectivity index (χ2v) is 8.70. The summed E-state index contributed by atoms with van der Waals surface area (Å²) in [5.41, 5.74) is 1.42. The molecule has 32 heavy (non-hydrogen) atoms. The Hall–Kier alpha value is -3.26. The number of nitrogens with one attached hydrogen (secondary N) is 1. The first-order chi connectivity index (χ1) is 15.4. The van der Waals surface area contributed by atoms with Crippen LogP contribution >= 0.6 is 15.9 Å². The molecule has 1 aliphatic heterocycles. The van der Waals surface area contributed by atoms with Crippen molar-refractivity contribution in [2.75, 3.05) is 17.3 Å². The third kappa shape index (κ3) is 3.75. The number of carbonyl (C=O) groups is 2. The number of ether oxygens (including phenoxy) is 2. The van der Waals surface area contributed by atoms with Crippen molar-refractivity contribution in [1.82, 2.24) is 0 Å². The summed E-state index contributed by atoms with van der Waals surface area (Å²) in [7, 11) is 1.60. The molecule has 2 aromatic carbocycles. The molecule has 164 valence electrons. The van der Waals surface area contributed by atoms with Gasteiger partial charge in [0, 0.05) is 31.6 Å². The Morgan fingerprint density at radius 3 is 2.50 bits per heavy atom. The van der Waals surface area contributed by atoms with Crippen LogP contribution in [0.25, 0.3) is 0 Å². The summed E-state index contributed by atoms with van der Waals surface area (Å²) >= 11 is 3.20. The highest BCUT2D eigenvalue weighted by Gasteiger charge is 2.44. The molecule has 1 N–H and O–H groups in total. The molecule has 0 bridgehead atoms. The van der Waals surface area contributed by atoms with Crippen LogP contribution in [0.5, 0.6) is 11.5 Å². The number of anilines is 2. The lowest BCUT2D eigenvalue weighted by molar-refractivity contribution is -0.0716. The molecule has 0 radical (unpaired) electrons. The largest absolute Gasteiger partial charge is 0.448 e. The second-order valence-electron chi connectivity index (χ2n) is 7.92. The van der Waals surface area contributed by atoms with Crippen LogP contribution in [0.4, 0.5) is 11.4 Å². The van der Waals surface area contributed by atoms with Crippen LogP contribution in [-0.2, 0) is 0 Å². The van der Waals surface area contributed by atoms with E-state index in [0.717, 1.165) is 25.7 Å². The van der Waals surface area contributed by atoms with Gasteiger partial charge in [-0.25, -0.2) is 0 Å². The Bertz CT molecular complexity index is 1200. The van der Waals surface area contributed by atoms with Crippen molar-refractivity contribution in [3.05, 3.63) is 70.6 Å². The molecule has 2 amide bonds. The van der Waals surface area contributed by atoms with Gasteiger partial charge in [-0.05, 0) is 65.2 Å². The van der Waals surface area contributed by atoms with E-state index in [0.29, 0.717) is 33.1 Å². The van der Waals surface area contributed by atoms with Gasteiger partial charge < -0.3 is 24.1 Å². The van der Waals surface area contributed by atoms with E-state index in [1.807, 2.05) is 6.07 Å². The Labute approximate surface area is 193 Å². The second kappa shape index (κ2) is 8.02. The lowest BCUT2D eigenvalue weighted by Gasteiger charge is -2.21. The highest BCUT2D eigenvalue weighted by molar-refractivity contribution is 9.10. The van der Waals surface area contributed by atoms with Crippen LogP contribution in [0.2, 0.25) is 0 Å². The van der Waals surface area contributed by atoms with Crippen molar-refractivity contribution in [3.63, 3.8) is 0 Å². The van der Waals surface area contributed by atoms with E-state index in [4.69, 9.17) is 13.9 Å². The summed E-state index contributed by atoms with van der Waals surface area (Å²) in [6, 6.07) is 15.5. The van der Waals surface area contributed by atoms with Crippen molar-refractivity contribution in [3.8, 4) is 11.5 Å². The Balaban J connectivity index is 1.36. The molecule has 2 aliphatic rings. The average molecular weight is 497 g/mol. The maximum Gasteiger partial charge on any atom is 0.293 e. The summed E-state index contributed by atoms with van der Waals surface area (Å²) in [4.78, 5) is 27.3. The number of nitrogens with zero attached hydrogens (tertiary/aromatic N) is 1. The lowest BCUT2D eigenvalue weighted by atomic mass is 10.1. The van der Waals surface area contributed by atoms with Gasteiger partial charge >= 0.3 is 0 Å². The lowest BCUT2D eigenvalue weighted by Crippen LogP contribution is -2.34. The van der Waals surface area contributed by atoms with Gasteiger partial charge in [0.25, 0.3) is 17.6 Å². The molecule has 1 aromatic heterocycles. The monoisotopic (exact) mass is 496 g/mol. The van der Waals surface area contributed by atoms with Gasteiger partial charge in [0.05, 0.1) is 11.3 Å². The van der Waals surface area contributed by atoms with E-state index in [1.54, 1.807) is 55.6 Å². The maximum absolute atomic E-state index is 13.1. The predicted molar refractivity (Wildman–Crippen MR) is 122 cm³/mol. The molecule has 5 rings (SSSR count). The van der Waals surface area contributed by atoms with Crippen molar-refractivity contribution >= 4 is 39.1 Å². The molecule has 1 saturated carbocycles. The molecule has 2 heterocycles. The predicted octanol–water partition coefficient (Wildman–Crippen LogP) is 5.61. The zero-order chi connectivity index (χ0) is 22.3. The van der Waals surface area contributed by atoms with E-state index < -0.39 is 5.79 Å². The summed E-state index contributed by atoms with van der Waals surface area (Å²) in [6.07, 6.45) is 3.89. The number of fused-ring (bicyclic) bond motifs is 1. The molecule has 1 spiro atoms. The van der Waals surface area contributed by atoms with Gasteiger partial charge in [-0.2, -0.15) is 0 Å². The number of hydrogen-bond donors (Lipinski definition) is 1. The maximum atomic E-state index is 13.1. The SMILES string of the molecule is CN(C(=O)c1ccc(Br)o1)c1ccccc1C(=O)Nc1ccc2c(c1)OC1(CCCC1)O2. The van der Waals surface area contributed by atoms with E-state index in [9.17, 15) is 9.59 Å². The minimum Gasteiger partial charge on any atom is -0.448 e. The average Bonchev–Trinajstić information content (AvgIpc) is 3.52. The standard InChI is InChI=1S/C24H21BrN2O5/c1-27(23(29)19-10-11-21(25)30-19)17-7-3-2-6-16(17)22(28)26-15-8-9-18-20(14-15)32-24(31-18)12-4-5-13-24/h2-3,6-11,14H,4-5,12-13H2,1H3,(H,26,28). The number of carbonyl (C=O) groups excluding carboxylic acids is 2. The van der Waals surface area contributed by atoms with Crippen molar-refractivity contribution < 1.29 is 23.5 Å². The van der Waals surface area contributed by atoms with Crippen LogP contribution < -0.4 is 19.7 Å². The number of rotatable bonds is 4. The fourth-order valence-corrected chi connectivity index (χ4v) is 4.46. The summed E-state index contributed by atoms with van der Waals surface area (Å²) in [5.74, 6) is 0.248. The quantitative estimate of drug-likeness (QED) is 0.507. The van der Waals surface area contributed by atoms with Gasteiger partial charge in [-0.1, -0.05) is 12.1 Å². The number of para-hydroxylation sites is 1. The van der Waals surface area contributed by atoms with E-state index in [2.05, 4.69) is 21.2 Å². The number of amides is 2. The first-order valence-electron chi connectivity index (χ1n) is 10.4. The van der Waals surface area contributed by atoms with Crippen LogP contribution in [-0.4, -0.2) is 24.6 Å². The van der Waals surface area contributed by atoms with E-state index in [1.165, 1.54) is 4.90 Å². The van der Waals surface area contributed by atoms with Crippen LogP contribution in [0, 0.1) is 0 Å². The Morgan fingerprint density at radius 1 is 1.00 bits per heavy atom. The number of benzene rings is 2. The van der Waals surface area contributed by atoms with E-state index >= 15 is 0 Å². The number of halogens is 1. The minimum absolute atomic E-state index is 0.172. The highest BCUT2D eigenvalue weighted by Crippen LogP contribution is 2.47. The van der Waals surface area contributed by atoms with Crippen molar-refractivity contribution in [2.24, 2.45) is 0 Å². The fourth-order valence-electron chi connectivity index (χ4n) is 4.15.